The Morgan fingerprint density at radius 1 is 0.740 bits per heavy atom. The number of thiophene rings is 1. The molecule has 0 saturated heterocycles. The number of rotatable bonds is 8. The van der Waals surface area contributed by atoms with Gasteiger partial charge in [0.15, 0.2) is 0 Å². The van der Waals surface area contributed by atoms with Gasteiger partial charge in [-0.1, -0.05) is 136 Å². The van der Waals surface area contributed by atoms with Crippen LogP contribution in [0.2, 0.25) is 19.6 Å². The molecule has 7 aromatic rings. The fourth-order valence-electron chi connectivity index (χ4n) is 6.50. The molecule has 1 radical (unpaired) electrons. The second kappa shape index (κ2) is 16.5. The minimum Gasteiger partial charge on any atom is -0.305 e. The third-order valence-electron chi connectivity index (χ3n) is 8.67. The molecule has 0 N–H and O–H groups in total. The Bertz CT molecular complexity index is 2170. The summed E-state index contributed by atoms with van der Waals surface area (Å²) in [7, 11) is -1.34. The minimum atomic E-state index is -1.34. The van der Waals surface area contributed by atoms with E-state index in [9.17, 15) is 0 Å². The van der Waals surface area contributed by atoms with Crippen molar-refractivity contribution in [1.29, 1.82) is 0 Å². The van der Waals surface area contributed by atoms with E-state index in [0.717, 1.165) is 35.4 Å². The summed E-state index contributed by atoms with van der Waals surface area (Å²) >= 11 is 1.84. The van der Waals surface area contributed by atoms with Gasteiger partial charge in [0.05, 0.1) is 8.07 Å². The van der Waals surface area contributed by atoms with Crippen molar-refractivity contribution in [3.05, 3.63) is 139 Å². The van der Waals surface area contributed by atoms with E-state index in [2.05, 4.69) is 156 Å². The summed E-state index contributed by atoms with van der Waals surface area (Å²) in [4.78, 5) is 9.40. The van der Waals surface area contributed by atoms with Gasteiger partial charge in [-0.05, 0) is 63.5 Å². The first-order valence-electron chi connectivity index (χ1n) is 17.4. The second-order valence-corrected chi connectivity index (χ2v) is 20.8. The van der Waals surface area contributed by atoms with Crippen molar-refractivity contribution in [2.45, 2.75) is 60.2 Å². The van der Waals surface area contributed by atoms with Crippen molar-refractivity contribution < 1.29 is 20.1 Å². The van der Waals surface area contributed by atoms with Gasteiger partial charge in [0.2, 0.25) is 0 Å². The van der Waals surface area contributed by atoms with Crippen LogP contribution in [0.1, 0.15) is 38.8 Å². The number of hydrogen-bond acceptors (Lipinski definition) is 3. The molecule has 0 saturated carbocycles. The summed E-state index contributed by atoms with van der Waals surface area (Å²) < 4.78 is 2.57. The topological polar surface area (TPSA) is 25.8 Å². The number of aromatic nitrogens is 2. The van der Waals surface area contributed by atoms with Crippen LogP contribution in [0, 0.1) is 24.0 Å². The maximum atomic E-state index is 4.72. The third-order valence-corrected chi connectivity index (χ3v) is 11.9. The summed E-state index contributed by atoms with van der Waals surface area (Å²) in [5, 5.41) is 4.10. The van der Waals surface area contributed by atoms with Gasteiger partial charge in [-0.25, -0.2) is 0 Å². The van der Waals surface area contributed by atoms with Crippen LogP contribution >= 0.6 is 11.3 Å². The normalized spacial score (nSPS) is 11.5. The van der Waals surface area contributed by atoms with Crippen LogP contribution in [-0.2, 0) is 32.9 Å². The standard InChI is InChI=1S/C27H22NS.C18H24NSi.Ir/c1-18(2)16-19-14-15-28-24(17-19)22-13-12-21(20-8-4-3-5-9-20)26-23-10-6-7-11-25(23)29-27(22)26;1-14(2)11-16-12-17(15-9-7-6-8-10-15)19-13-18(16)20(3,4)5;/h3-12,14-15,17-18H,16H2,1-2H3;6-9,12-14H,11H2,1-5H3;/q2*-1;. The zero-order chi connectivity index (χ0) is 34.5. The fraction of sp³-hybridized carbons (Fsp3) is 0.244. The molecule has 50 heavy (non-hydrogen) atoms. The molecule has 0 spiro atoms. The molecule has 0 aliphatic heterocycles. The average Bonchev–Trinajstić information content (AvgIpc) is 3.48. The van der Waals surface area contributed by atoms with Gasteiger partial charge < -0.3 is 9.97 Å². The molecule has 2 nitrogen and oxygen atoms in total. The van der Waals surface area contributed by atoms with Gasteiger partial charge in [-0.2, -0.15) is 11.3 Å². The van der Waals surface area contributed by atoms with Crippen LogP contribution in [0.3, 0.4) is 0 Å². The summed E-state index contributed by atoms with van der Waals surface area (Å²) in [6.45, 7) is 16.2. The molecule has 0 amide bonds. The Labute approximate surface area is 317 Å². The number of nitrogens with zero attached hydrogens (tertiary/aromatic N) is 2. The monoisotopic (exact) mass is 867 g/mol. The minimum absolute atomic E-state index is 0. The summed E-state index contributed by atoms with van der Waals surface area (Å²) in [6, 6.07) is 43.0. The summed E-state index contributed by atoms with van der Waals surface area (Å²) in [6.07, 6.45) is 6.24. The molecule has 3 aromatic heterocycles. The molecule has 3 heterocycles. The molecule has 257 valence electrons. The zero-order valence-electron chi connectivity index (χ0n) is 30.2. The van der Waals surface area contributed by atoms with Crippen molar-refractivity contribution in [3.8, 4) is 33.6 Å². The molecule has 0 aliphatic carbocycles. The van der Waals surface area contributed by atoms with Crippen LogP contribution in [0.25, 0.3) is 53.8 Å². The number of hydrogen-bond donors (Lipinski definition) is 0. The van der Waals surface area contributed by atoms with E-state index < -0.39 is 8.07 Å². The Morgan fingerprint density at radius 3 is 2.16 bits per heavy atom. The van der Waals surface area contributed by atoms with E-state index in [-0.39, 0.29) is 20.1 Å². The van der Waals surface area contributed by atoms with Crippen LogP contribution < -0.4 is 5.19 Å². The molecule has 0 atom stereocenters. The molecular weight excluding hydrogens is 821 g/mol. The molecule has 5 heteroatoms. The largest absolute Gasteiger partial charge is 0.305 e. The maximum Gasteiger partial charge on any atom is 0.0798 e. The number of fused-ring (bicyclic) bond motifs is 3. The van der Waals surface area contributed by atoms with Crippen LogP contribution in [0.4, 0.5) is 0 Å². The van der Waals surface area contributed by atoms with Crippen molar-refractivity contribution in [2.24, 2.45) is 11.8 Å². The van der Waals surface area contributed by atoms with E-state index in [1.165, 1.54) is 47.6 Å². The molecule has 0 bridgehead atoms. The van der Waals surface area contributed by atoms with Crippen LogP contribution in [0.15, 0.2) is 116 Å². The van der Waals surface area contributed by atoms with Gasteiger partial charge in [0.1, 0.15) is 0 Å². The SMILES string of the molecule is CC(C)Cc1cc(-c2[c-]cccc2)ncc1[Si](C)(C)C.CC(C)Cc1ccnc(-c2[c-]cc(-c3ccccc3)c3c2sc2ccccc23)c1.[Ir]. The average molecular weight is 867 g/mol. The smallest absolute Gasteiger partial charge is 0.0798 e. The summed E-state index contributed by atoms with van der Waals surface area (Å²) in [5.74, 6) is 1.29. The maximum absolute atomic E-state index is 4.72. The predicted octanol–water partition coefficient (Wildman–Crippen LogP) is 12.1. The van der Waals surface area contributed by atoms with Crippen LogP contribution in [0.5, 0.6) is 0 Å². The Morgan fingerprint density at radius 2 is 1.46 bits per heavy atom. The second-order valence-electron chi connectivity index (χ2n) is 14.7. The molecule has 7 rings (SSSR count). The van der Waals surface area contributed by atoms with E-state index in [1.807, 2.05) is 35.7 Å². The predicted molar refractivity (Wildman–Crippen MR) is 215 cm³/mol. The van der Waals surface area contributed by atoms with Gasteiger partial charge >= 0.3 is 0 Å². The molecular formula is C45H46IrN2SSi-2. The molecule has 4 aromatic carbocycles. The van der Waals surface area contributed by atoms with Crippen molar-refractivity contribution >= 4 is 44.8 Å². The number of pyridine rings is 2. The Kier molecular flexibility index (Phi) is 12.4. The van der Waals surface area contributed by atoms with E-state index in [1.54, 1.807) is 0 Å². The fourth-order valence-corrected chi connectivity index (χ4v) is 9.32. The van der Waals surface area contributed by atoms with E-state index in [0.29, 0.717) is 11.8 Å². The van der Waals surface area contributed by atoms with Crippen molar-refractivity contribution in [2.75, 3.05) is 0 Å². The first kappa shape index (κ1) is 37.5. The van der Waals surface area contributed by atoms with Crippen molar-refractivity contribution in [1.82, 2.24) is 9.97 Å². The third kappa shape index (κ3) is 8.76. The molecule has 0 unspecified atom stereocenters. The van der Waals surface area contributed by atoms with Gasteiger partial charge in [-0.15, -0.1) is 53.6 Å². The number of benzene rings is 4. The first-order valence-corrected chi connectivity index (χ1v) is 21.7. The van der Waals surface area contributed by atoms with E-state index >= 15 is 0 Å². The van der Waals surface area contributed by atoms with Gasteiger partial charge in [0, 0.05) is 37.2 Å². The first-order chi connectivity index (χ1) is 23.6. The molecule has 0 aliphatic rings. The van der Waals surface area contributed by atoms with Gasteiger partial charge in [-0.3, -0.25) is 0 Å². The zero-order valence-corrected chi connectivity index (χ0v) is 34.4. The van der Waals surface area contributed by atoms with Crippen LogP contribution in [-0.4, -0.2) is 18.0 Å². The Hall–Kier alpha value is -3.73. The van der Waals surface area contributed by atoms with Crippen molar-refractivity contribution in [3.63, 3.8) is 0 Å². The molecule has 0 fully saturated rings. The van der Waals surface area contributed by atoms with E-state index in [4.69, 9.17) is 4.98 Å². The summed E-state index contributed by atoms with van der Waals surface area (Å²) in [5.41, 5.74) is 9.51. The Balaban J connectivity index is 0.000000204. The van der Waals surface area contributed by atoms with Gasteiger partial charge in [0.25, 0.3) is 0 Å². The quantitative estimate of drug-likeness (QED) is 0.112.